The maximum absolute atomic E-state index is 12.9. The van der Waals surface area contributed by atoms with Crippen LogP contribution in [0.5, 0.6) is 0 Å². The van der Waals surface area contributed by atoms with Gasteiger partial charge in [-0.25, -0.2) is 14.4 Å². The average molecular weight is 1070 g/mol. The van der Waals surface area contributed by atoms with Gasteiger partial charge < -0.3 is 29.3 Å². The van der Waals surface area contributed by atoms with Crippen LogP contribution in [0.3, 0.4) is 0 Å². The van der Waals surface area contributed by atoms with Gasteiger partial charge in [-0.15, -0.1) is 23.9 Å². The van der Waals surface area contributed by atoms with Crippen molar-refractivity contribution < 1.29 is 43.3 Å². The van der Waals surface area contributed by atoms with Gasteiger partial charge in [-0.2, -0.15) is 0 Å². The Morgan fingerprint density at radius 3 is 1.11 bits per heavy atom. The Morgan fingerprint density at radius 1 is 0.507 bits per heavy atom. The van der Waals surface area contributed by atoms with E-state index < -0.39 is 34.1 Å². The Bertz CT molecular complexity index is 2380. The number of carboxylic acid groups (broad SMARTS) is 1. The van der Waals surface area contributed by atoms with E-state index in [1.807, 2.05) is 51.3 Å². The van der Waals surface area contributed by atoms with Crippen LogP contribution in [-0.2, 0) is 9.47 Å². The van der Waals surface area contributed by atoms with Crippen molar-refractivity contribution in [2.45, 2.75) is 119 Å². The Balaban J connectivity index is 0.000000983. The fraction of sp³-hybridized carbons (Fsp3) is 0.464. The smallest absolute Gasteiger partial charge is 0.337 e. The second-order valence-electron chi connectivity index (χ2n) is 18.5. The first-order valence-electron chi connectivity index (χ1n) is 24.2. The Labute approximate surface area is 435 Å². The van der Waals surface area contributed by atoms with Crippen LogP contribution >= 0.6 is 15.9 Å². The first kappa shape index (κ1) is 65.1. The predicted octanol–water partition coefficient (Wildman–Crippen LogP) is 11.6. The number of carbonyl (C=O) groups excluding carboxylic acids is 5. The van der Waals surface area contributed by atoms with Crippen LogP contribution in [0, 0.1) is 35.8 Å². The number of benzene rings is 3. The van der Waals surface area contributed by atoms with Crippen LogP contribution in [0.25, 0.3) is 0 Å². The number of terminal acetylenes is 2. The summed E-state index contributed by atoms with van der Waals surface area (Å²) in [5, 5.41) is 9.06. The summed E-state index contributed by atoms with van der Waals surface area (Å²) in [6.07, 6.45) is 15.7. The second-order valence-corrected chi connectivity index (χ2v) is 29.0. The molecule has 0 atom stereocenters. The quantitative estimate of drug-likeness (QED) is 0.0746. The van der Waals surface area contributed by atoms with Crippen molar-refractivity contribution in [1.29, 1.82) is 0 Å². The molecule has 3 rings (SSSR count). The third-order valence-electron chi connectivity index (χ3n) is 9.60. The SMILES string of the molecule is C#C[Si](C)(C)C.C#Cc1cc(C(=O)O)cc(C(=O)N(CCC)CCC)c1.CCCN(CCC)C(=O)c1cc(Br)cc(C(=O)OC)c1.CCCN(CCC)C(=O)c1cc(C#C[Si](C)(C)C)cc(C(=O)OC)c1. The lowest BCUT2D eigenvalue weighted by molar-refractivity contribution is 0.0591. The van der Waals surface area contributed by atoms with Gasteiger partial charge in [-0.05, 0) is 93.1 Å². The van der Waals surface area contributed by atoms with Gasteiger partial charge in [0.2, 0.25) is 0 Å². The number of methoxy groups -OCH3 is 2. The number of nitrogens with zero attached hydrogens (tertiary/aromatic N) is 3. The molecule has 0 fully saturated rings. The predicted molar refractivity (Wildman–Crippen MR) is 296 cm³/mol. The van der Waals surface area contributed by atoms with Crippen LogP contribution in [0.4, 0.5) is 0 Å². The first-order chi connectivity index (χ1) is 33.3. The van der Waals surface area contributed by atoms with Gasteiger partial charge in [-0.3, -0.25) is 14.4 Å². The summed E-state index contributed by atoms with van der Waals surface area (Å²) in [5.41, 5.74) is 9.21. The van der Waals surface area contributed by atoms with Crippen molar-refractivity contribution in [2.24, 2.45) is 0 Å². The molecule has 0 saturated carbocycles. The van der Waals surface area contributed by atoms with E-state index in [-0.39, 0.29) is 23.3 Å². The van der Waals surface area contributed by atoms with Crippen LogP contribution < -0.4 is 0 Å². The molecule has 0 radical (unpaired) electrons. The third-order valence-corrected chi connectivity index (χ3v) is 11.8. The lowest BCUT2D eigenvalue weighted by Crippen LogP contribution is -2.32. The molecule has 0 saturated heterocycles. The fourth-order valence-electron chi connectivity index (χ4n) is 6.34. The van der Waals surface area contributed by atoms with Gasteiger partial charge in [0, 0.05) is 71.6 Å². The number of aromatic carboxylic acids is 1. The highest BCUT2D eigenvalue weighted by Crippen LogP contribution is 2.20. The number of rotatable bonds is 18. The van der Waals surface area contributed by atoms with E-state index in [9.17, 15) is 28.8 Å². The normalized spacial score (nSPS) is 10.3. The molecule has 0 spiro atoms. The molecule has 15 heteroatoms. The van der Waals surface area contributed by atoms with E-state index in [0.29, 0.717) is 82.7 Å². The van der Waals surface area contributed by atoms with E-state index in [4.69, 9.17) is 27.4 Å². The van der Waals surface area contributed by atoms with Gasteiger partial charge >= 0.3 is 17.9 Å². The molecule has 0 bridgehead atoms. The van der Waals surface area contributed by atoms with Crippen LogP contribution in [-0.4, -0.2) is 125 Å². The molecule has 0 aromatic heterocycles. The molecular formula is C56H78BrN3O9Si2. The van der Waals surface area contributed by atoms with E-state index >= 15 is 0 Å². The molecule has 71 heavy (non-hydrogen) atoms. The van der Waals surface area contributed by atoms with Crippen molar-refractivity contribution in [3.05, 3.63) is 104 Å². The molecule has 3 aromatic carbocycles. The number of ether oxygens (including phenoxy) is 2. The summed E-state index contributed by atoms with van der Waals surface area (Å²) in [7, 11) is 0.00197. The minimum Gasteiger partial charge on any atom is -0.478 e. The minimum absolute atomic E-state index is 0.0387. The number of halogens is 1. The number of amides is 3. The molecule has 0 heterocycles. The van der Waals surface area contributed by atoms with Crippen molar-refractivity contribution in [1.82, 2.24) is 14.7 Å². The molecule has 1 N–H and O–H groups in total. The zero-order chi connectivity index (χ0) is 54.5. The maximum atomic E-state index is 12.9. The highest BCUT2D eigenvalue weighted by atomic mass is 79.9. The summed E-state index contributed by atoms with van der Waals surface area (Å²) in [6.45, 7) is 29.2. The summed E-state index contributed by atoms with van der Waals surface area (Å²) >= 11 is 3.33. The standard InChI is InChI=1S/C20H29NO3Si.C16H19NO3.C15H20BrNO3.C5H10Si/c1-7-10-21(11-8-2)19(22)17-13-16(9-12-25(4,5)6)14-18(15-17)20(23)24-3;1-4-7-17(8-5-2)15(18)13-9-12(6-3)10-14(11-13)16(19)20;1-4-6-17(7-5-2)14(18)11-8-12(15(19)20-3)10-13(16)9-11;1-5-6(2,3)4/h13-15H,7-8,10-11H2,1-6H3;3,9-11H,4-5,7-8H2,1-2H3,(H,19,20);8-10H,4-7H2,1-3H3;1H,2-4H3. The van der Waals surface area contributed by atoms with Crippen molar-refractivity contribution in [3.8, 4) is 35.8 Å². The number of esters is 2. The monoisotopic (exact) mass is 1070 g/mol. The van der Waals surface area contributed by atoms with Gasteiger partial charge in [0.05, 0.1) is 30.9 Å². The molecule has 12 nitrogen and oxygen atoms in total. The molecular weight excluding hydrogens is 995 g/mol. The largest absolute Gasteiger partial charge is 0.478 e. The molecule has 3 amide bonds. The highest BCUT2D eigenvalue weighted by molar-refractivity contribution is 9.10. The zero-order valence-corrected chi connectivity index (χ0v) is 48.4. The van der Waals surface area contributed by atoms with Crippen molar-refractivity contribution in [2.75, 3.05) is 53.5 Å². The van der Waals surface area contributed by atoms with Crippen LogP contribution in [0.15, 0.2) is 59.1 Å². The van der Waals surface area contributed by atoms with Gasteiger partial charge in [0.1, 0.15) is 16.1 Å². The van der Waals surface area contributed by atoms with Gasteiger partial charge in [0.15, 0.2) is 0 Å². The fourth-order valence-corrected chi connectivity index (χ4v) is 7.35. The highest BCUT2D eigenvalue weighted by Gasteiger charge is 2.21. The maximum Gasteiger partial charge on any atom is 0.337 e. The molecule has 0 aliphatic heterocycles. The lowest BCUT2D eigenvalue weighted by Gasteiger charge is -2.22. The van der Waals surface area contributed by atoms with Gasteiger partial charge in [-0.1, -0.05) is 109 Å². The van der Waals surface area contributed by atoms with E-state index in [1.165, 1.54) is 26.4 Å². The van der Waals surface area contributed by atoms with E-state index in [1.54, 1.807) is 47.4 Å². The molecule has 386 valence electrons. The molecule has 0 aliphatic rings. The summed E-state index contributed by atoms with van der Waals surface area (Å²) in [4.78, 5) is 77.8. The van der Waals surface area contributed by atoms with Crippen molar-refractivity contribution in [3.63, 3.8) is 0 Å². The average Bonchev–Trinajstić information content (AvgIpc) is 3.33. The summed E-state index contributed by atoms with van der Waals surface area (Å²) in [5.74, 6) is 3.24. The second kappa shape index (κ2) is 33.6. The number of carbonyl (C=O) groups is 6. The molecule has 0 aliphatic carbocycles. The summed E-state index contributed by atoms with van der Waals surface area (Å²) < 4.78 is 10.2. The Hall–Kier alpha value is -5.93. The van der Waals surface area contributed by atoms with E-state index in [2.05, 4.69) is 78.1 Å². The van der Waals surface area contributed by atoms with Crippen molar-refractivity contribution >= 4 is 67.7 Å². The zero-order valence-electron chi connectivity index (χ0n) is 44.8. The molecule has 0 unspecified atom stereocenters. The van der Waals surface area contributed by atoms with E-state index in [0.717, 1.165) is 38.5 Å². The number of carboxylic acids is 1. The topological polar surface area (TPSA) is 151 Å². The first-order valence-corrected chi connectivity index (χ1v) is 32.0. The van der Waals surface area contributed by atoms with Crippen LogP contribution in [0.2, 0.25) is 39.3 Å². The minimum atomic E-state index is -1.56. The number of hydrogen-bond donors (Lipinski definition) is 1. The molecule has 3 aromatic rings. The Morgan fingerprint density at radius 2 is 0.803 bits per heavy atom. The van der Waals surface area contributed by atoms with Crippen LogP contribution in [0.1, 0.15) is 153 Å². The third kappa shape index (κ3) is 25.2. The van der Waals surface area contributed by atoms with Gasteiger partial charge in [0.25, 0.3) is 17.7 Å². The lowest BCUT2D eigenvalue weighted by atomic mass is 10.0. The number of hydrogen-bond acceptors (Lipinski definition) is 8. The Kier molecular flexibility index (Phi) is 30.8. The summed E-state index contributed by atoms with van der Waals surface area (Å²) in [6, 6.07) is 14.4.